The molecule has 0 radical (unpaired) electrons. The number of benzene rings is 1. The molecule has 2 N–H and O–H groups in total. The van der Waals surface area contributed by atoms with Gasteiger partial charge in [-0.05, 0) is 36.6 Å². The van der Waals surface area contributed by atoms with Crippen molar-refractivity contribution in [3.05, 3.63) is 82.3 Å². The minimum Gasteiger partial charge on any atom is -0.360 e. The summed E-state index contributed by atoms with van der Waals surface area (Å²) >= 11 is 6.33. The first-order chi connectivity index (χ1) is 15.0. The predicted octanol–water partition coefficient (Wildman–Crippen LogP) is 4.02. The third-order valence-corrected chi connectivity index (χ3v) is 5.32. The molecule has 154 valence electrons. The summed E-state index contributed by atoms with van der Waals surface area (Å²) in [5.74, 6) is -0.119. The highest BCUT2D eigenvalue weighted by molar-refractivity contribution is 6.35. The van der Waals surface area contributed by atoms with E-state index in [1.807, 2.05) is 19.1 Å². The number of nitrogens with one attached hydrogen (secondary N) is 2. The number of rotatable bonds is 4. The number of aromatic nitrogens is 6. The Bertz CT molecular complexity index is 1480. The first kappa shape index (κ1) is 19.1. The summed E-state index contributed by atoms with van der Waals surface area (Å²) in [6, 6.07) is 9.46. The molecule has 4 aromatic heterocycles. The van der Waals surface area contributed by atoms with Gasteiger partial charge in [0, 0.05) is 5.69 Å². The van der Waals surface area contributed by atoms with Crippen LogP contribution in [0.25, 0.3) is 27.6 Å². The molecule has 4 heterocycles. The van der Waals surface area contributed by atoms with Gasteiger partial charge in [0.15, 0.2) is 11.5 Å². The fourth-order valence-electron chi connectivity index (χ4n) is 3.57. The molecule has 31 heavy (non-hydrogen) atoms. The van der Waals surface area contributed by atoms with Crippen molar-refractivity contribution < 1.29 is 4.39 Å². The van der Waals surface area contributed by atoms with E-state index in [0.29, 0.717) is 44.2 Å². The van der Waals surface area contributed by atoms with E-state index in [0.717, 1.165) is 0 Å². The molecule has 0 aliphatic heterocycles. The van der Waals surface area contributed by atoms with Crippen LogP contribution in [0.15, 0.2) is 60.0 Å². The fraction of sp³-hybridized carbons (Fsp3) is 0.0952. The van der Waals surface area contributed by atoms with Gasteiger partial charge in [-0.3, -0.25) is 9.36 Å². The first-order valence-electron chi connectivity index (χ1n) is 9.39. The summed E-state index contributed by atoms with van der Waals surface area (Å²) in [5, 5.41) is 4.71. The van der Waals surface area contributed by atoms with E-state index in [9.17, 15) is 9.18 Å². The monoisotopic (exact) mass is 435 g/mol. The average Bonchev–Trinajstić information content (AvgIpc) is 3.24. The van der Waals surface area contributed by atoms with Crippen molar-refractivity contribution >= 4 is 39.4 Å². The van der Waals surface area contributed by atoms with Gasteiger partial charge >= 0.3 is 0 Å². The molecule has 8 nitrogen and oxygen atoms in total. The summed E-state index contributed by atoms with van der Waals surface area (Å²) in [6.45, 7) is 1.89. The van der Waals surface area contributed by atoms with Crippen LogP contribution in [-0.2, 0) is 0 Å². The minimum atomic E-state index is -0.634. The lowest BCUT2D eigenvalue weighted by atomic mass is 10.1. The lowest BCUT2D eigenvalue weighted by molar-refractivity contribution is 0.582. The standard InChI is InChI=1S/C21H15ClFN7O/c1-11(29-20-18-19(26-9-25-18)27-10-28-20)15-7-12-3-2-4-14(22)17(12)21(31)30(15)13-5-6-16(23)24-8-13/h2-11H,1H3,(H2,25,26,27,28,29)/t11-/m0/s1. The van der Waals surface area contributed by atoms with Crippen LogP contribution in [0.2, 0.25) is 5.02 Å². The highest BCUT2D eigenvalue weighted by Crippen LogP contribution is 2.27. The van der Waals surface area contributed by atoms with Crippen LogP contribution < -0.4 is 10.9 Å². The van der Waals surface area contributed by atoms with Crippen LogP contribution in [0, 0.1) is 5.95 Å². The lowest BCUT2D eigenvalue weighted by Gasteiger charge is -2.21. The summed E-state index contributed by atoms with van der Waals surface area (Å²) in [4.78, 5) is 32.8. The van der Waals surface area contributed by atoms with E-state index in [2.05, 4.69) is 30.2 Å². The molecular formula is C21H15ClFN7O. The van der Waals surface area contributed by atoms with Gasteiger partial charge in [0.2, 0.25) is 5.95 Å². The lowest BCUT2D eigenvalue weighted by Crippen LogP contribution is -2.26. The number of imidazole rings is 1. The molecule has 1 aromatic carbocycles. The van der Waals surface area contributed by atoms with E-state index in [-0.39, 0.29) is 11.6 Å². The average molecular weight is 436 g/mol. The number of nitrogens with zero attached hydrogens (tertiary/aromatic N) is 5. The van der Waals surface area contributed by atoms with Gasteiger partial charge in [0.05, 0.1) is 34.7 Å². The zero-order chi connectivity index (χ0) is 21.5. The van der Waals surface area contributed by atoms with Gasteiger partial charge in [-0.15, -0.1) is 0 Å². The molecule has 1 atom stereocenters. The molecule has 5 rings (SSSR count). The van der Waals surface area contributed by atoms with Crippen LogP contribution >= 0.6 is 11.6 Å². The quantitative estimate of drug-likeness (QED) is 0.413. The Labute approximate surface area is 179 Å². The molecule has 0 unspecified atom stereocenters. The van der Waals surface area contributed by atoms with Crippen molar-refractivity contribution in [3.63, 3.8) is 0 Å². The Morgan fingerprint density at radius 3 is 2.84 bits per heavy atom. The van der Waals surface area contributed by atoms with Crippen LogP contribution in [0.3, 0.4) is 0 Å². The number of hydrogen-bond donors (Lipinski definition) is 2. The maximum absolute atomic E-state index is 13.5. The molecule has 10 heteroatoms. The normalized spacial score (nSPS) is 12.4. The zero-order valence-corrected chi connectivity index (χ0v) is 16.9. The second kappa shape index (κ2) is 7.44. The second-order valence-corrected chi connectivity index (χ2v) is 7.35. The second-order valence-electron chi connectivity index (χ2n) is 6.94. The van der Waals surface area contributed by atoms with Crippen molar-refractivity contribution in [1.29, 1.82) is 0 Å². The van der Waals surface area contributed by atoms with E-state index in [4.69, 9.17) is 11.6 Å². The third kappa shape index (κ3) is 3.28. The van der Waals surface area contributed by atoms with Gasteiger partial charge in [-0.25, -0.2) is 19.9 Å². The Kier molecular flexibility index (Phi) is 4.59. The molecule has 0 fully saturated rings. The van der Waals surface area contributed by atoms with Gasteiger partial charge in [-0.1, -0.05) is 23.7 Å². The van der Waals surface area contributed by atoms with Crippen LogP contribution in [0.1, 0.15) is 18.7 Å². The fourth-order valence-corrected chi connectivity index (χ4v) is 3.84. The van der Waals surface area contributed by atoms with Crippen molar-refractivity contribution in [1.82, 2.24) is 29.5 Å². The Morgan fingerprint density at radius 1 is 1.16 bits per heavy atom. The van der Waals surface area contributed by atoms with Gasteiger partial charge in [0.25, 0.3) is 5.56 Å². The summed E-state index contributed by atoms with van der Waals surface area (Å²) in [6.07, 6.45) is 4.27. The molecule has 0 saturated carbocycles. The Hall–Kier alpha value is -3.85. The number of halogens is 2. The first-order valence-corrected chi connectivity index (χ1v) is 9.77. The van der Waals surface area contributed by atoms with Gasteiger partial charge in [-0.2, -0.15) is 4.39 Å². The zero-order valence-electron chi connectivity index (χ0n) is 16.2. The number of aromatic amines is 1. The van der Waals surface area contributed by atoms with Crippen molar-refractivity contribution in [2.24, 2.45) is 0 Å². The minimum absolute atomic E-state index is 0.326. The topological polar surface area (TPSA) is 101 Å². The van der Waals surface area contributed by atoms with Gasteiger partial charge in [0.1, 0.15) is 11.8 Å². The highest BCUT2D eigenvalue weighted by Gasteiger charge is 2.19. The number of anilines is 1. The van der Waals surface area contributed by atoms with Crippen LogP contribution in [0.5, 0.6) is 0 Å². The van der Waals surface area contributed by atoms with E-state index >= 15 is 0 Å². The third-order valence-electron chi connectivity index (χ3n) is 5.01. The largest absolute Gasteiger partial charge is 0.360 e. The molecular weight excluding hydrogens is 421 g/mol. The number of hydrogen-bond acceptors (Lipinski definition) is 6. The maximum Gasteiger partial charge on any atom is 0.264 e. The maximum atomic E-state index is 13.5. The van der Waals surface area contributed by atoms with E-state index in [1.54, 1.807) is 12.1 Å². The molecule has 0 saturated heterocycles. The molecule has 0 amide bonds. The van der Waals surface area contributed by atoms with Crippen LogP contribution in [0.4, 0.5) is 10.2 Å². The Morgan fingerprint density at radius 2 is 2.03 bits per heavy atom. The highest BCUT2D eigenvalue weighted by atomic mass is 35.5. The predicted molar refractivity (Wildman–Crippen MR) is 116 cm³/mol. The van der Waals surface area contributed by atoms with E-state index < -0.39 is 5.95 Å². The molecule has 0 aliphatic carbocycles. The number of pyridine rings is 2. The van der Waals surface area contributed by atoms with Crippen molar-refractivity contribution in [3.8, 4) is 5.69 Å². The van der Waals surface area contributed by atoms with Crippen molar-refractivity contribution in [2.75, 3.05) is 5.32 Å². The summed E-state index contributed by atoms with van der Waals surface area (Å²) < 4.78 is 14.9. The smallest absolute Gasteiger partial charge is 0.264 e. The number of H-pyrrole nitrogens is 1. The van der Waals surface area contributed by atoms with E-state index in [1.165, 1.54) is 35.6 Å². The van der Waals surface area contributed by atoms with Gasteiger partial charge < -0.3 is 10.3 Å². The molecule has 0 aliphatic rings. The van der Waals surface area contributed by atoms with Crippen molar-refractivity contribution in [2.45, 2.75) is 13.0 Å². The summed E-state index contributed by atoms with van der Waals surface area (Å²) in [5.41, 5.74) is 1.89. The molecule has 5 aromatic rings. The number of fused-ring (bicyclic) bond motifs is 2. The van der Waals surface area contributed by atoms with Crippen LogP contribution in [-0.4, -0.2) is 29.5 Å². The Balaban J connectivity index is 1.71. The molecule has 0 bridgehead atoms. The molecule has 0 spiro atoms. The SMILES string of the molecule is C[C@H](Nc1ncnc2[nH]cnc12)c1cc2cccc(Cl)c2c(=O)n1-c1ccc(F)nc1. The summed E-state index contributed by atoms with van der Waals surface area (Å²) in [7, 11) is 0.